The molecule has 28 heavy (non-hydrogen) atoms. The van der Waals surface area contributed by atoms with Crippen molar-refractivity contribution in [3.8, 4) is 11.5 Å². The zero-order chi connectivity index (χ0) is 20.7. The van der Waals surface area contributed by atoms with E-state index in [-0.39, 0.29) is 5.78 Å². The van der Waals surface area contributed by atoms with Gasteiger partial charge in [-0.05, 0) is 49.8 Å². The molecule has 0 N–H and O–H groups in total. The third kappa shape index (κ3) is 5.75. The minimum atomic E-state index is -0.950. The van der Waals surface area contributed by atoms with Gasteiger partial charge in [-0.25, -0.2) is 4.79 Å². The van der Waals surface area contributed by atoms with E-state index in [0.717, 1.165) is 0 Å². The van der Waals surface area contributed by atoms with Gasteiger partial charge in [0.05, 0.1) is 18.7 Å². The highest BCUT2D eigenvalue weighted by atomic mass is 35.5. The van der Waals surface area contributed by atoms with Crippen molar-refractivity contribution < 1.29 is 23.8 Å². The normalized spacial score (nSPS) is 11.9. The molecule has 148 valence electrons. The molecule has 0 aliphatic rings. The van der Waals surface area contributed by atoms with E-state index < -0.39 is 12.1 Å². The molecule has 0 bridgehead atoms. The number of Topliss-reactive ketones (excluding diaryl/α,β-unsaturated/α-hetero) is 1. The molecule has 0 aliphatic carbocycles. The Bertz CT molecular complexity index is 892. The average Bonchev–Trinajstić information content (AvgIpc) is 2.66. The first-order chi connectivity index (χ1) is 13.3. The summed E-state index contributed by atoms with van der Waals surface area (Å²) in [5, 5.41) is 0.789. The summed E-state index contributed by atoms with van der Waals surface area (Å²) in [6, 6.07) is 9.79. The number of esters is 1. The van der Waals surface area contributed by atoms with Gasteiger partial charge in [-0.15, -0.1) is 0 Å². The van der Waals surface area contributed by atoms with Gasteiger partial charge in [-0.2, -0.15) is 0 Å². The molecule has 0 amide bonds. The molecule has 0 radical (unpaired) electrons. The number of hydrogen-bond donors (Lipinski definition) is 0. The zero-order valence-corrected chi connectivity index (χ0v) is 17.2. The fourth-order valence-electron chi connectivity index (χ4n) is 2.45. The molecule has 5 nitrogen and oxygen atoms in total. The fourth-order valence-corrected chi connectivity index (χ4v) is 2.94. The molecule has 2 aromatic rings. The van der Waals surface area contributed by atoms with E-state index in [1.165, 1.54) is 32.3 Å². The summed E-state index contributed by atoms with van der Waals surface area (Å²) in [5.41, 5.74) is 1.00. The second kappa shape index (κ2) is 10.2. The van der Waals surface area contributed by atoms with Crippen molar-refractivity contribution in [1.29, 1.82) is 0 Å². The van der Waals surface area contributed by atoms with E-state index in [2.05, 4.69) is 0 Å². The Hall–Kier alpha value is -2.50. The third-order valence-electron chi connectivity index (χ3n) is 3.72. The lowest BCUT2D eigenvalue weighted by atomic mass is 10.1. The summed E-state index contributed by atoms with van der Waals surface area (Å²) >= 11 is 12.1. The van der Waals surface area contributed by atoms with Crippen molar-refractivity contribution in [2.75, 3.05) is 13.7 Å². The van der Waals surface area contributed by atoms with Gasteiger partial charge < -0.3 is 14.2 Å². The van der Waals surface area contributed by atoms with Crippen LogP contribution in [0.4, 0.5) is 0 Å². The molecule has 1 unspecified atom stereocenters. The van der Waals surface area contributed by atoms with Crippen LogP contribution >= 0.6 is 23.2 Å². The van der Waals surface area contributed by atoms with Crippen LogP contribution in [-0.2, 0) is 9.53 Å². The molecule has 2 rings (SSSR count). The summed E-state index contributed by atoms with van der Waals surface area (Å²) in [5.74, 6) is -0.109. The lowest BCUT2D eigenvalue weighted by molar-refractivity contribution is -0.140. The highest BCUT2D eigenvalue weighted by Gasteiger charge is 2.19. The van der Waals surface area contributed by atoms with Gasteiger partial charge in [0.15, 0.2) is 17.6 Å². The Labute approximate surface area is 173 Å². The molecule has 0 heterocycles. The maximum Gasteiger partial charge on any atom is 0.331 e. The van der Waals surface area contributed by atoms with Gasteiger partial charge in [0.2, 0.25) is 5.78 Å². The molecule has 0 aliphatic heterocycles. The van der Waals surface area contributed by atoms with Crippen molar-refractivity contribution >= 4 is 41.0 Å². The van der Waals surface area contributed by atoms with Crippen LogP contribution in [0.2, 0.25) is 10.0 Å². The van der Waals surface area contributed by atoms with Crippen molar-refractivity contribution in [1.82, 2.24) is 0 Å². The van der Waals surface area contributed by atoms with Crippen LogP contribution < -0.4 is 9.47 Å². The predicted octanol–water partition coefficient (Wildman–Crippen LogP) is 5.23. The number of carbonyl (C=O) groups is 2. The number of ether oxygens (including phenoxy) is 3. The number of rotatable bonds is 8. The van der Waals surface area contributed by atoms with Crippen LogP contribution in [-0.4, -0.2) is 31.6 Å². The standard InChI is InChI=1S/C21H20Cl2O5/c1-4-27-18-11-14(10-17(23)21(18)26-3)8-9-19(24)28-13(2)20(25)15-6-5-7-16(22)12-15/h5-13H,4H2,1-3H3/b9-8+. The van der Waals surface area contributed by atoms with E-state index in [9.17, 15) is 9.59 Å². The highest BCUT2D eigenvalue weighted by molar-refractivity contribution is 6.32. The maximum atomic E-state index is 12.3. The van der Waals surface area contributed by atoms with E-state index in [1.807, 2.05) is 6.92 Å². The van der Waals surface area contributed by atoms with Crippen molar-refractivity contribution in [2.24, 2.45) is 0 Å². The maximum absolute atomic E-state index is 12.3. The molecular formula is C21H20Cl2O5. The van der Waals surface area contributed by atoms with E-state index in [1.54, 1.807) is 30.3 Å². The van der Waals surface area contributed by atoms with Crippen molar-refractivity contribution in [2.45, 2.75) is 20.0 Å². The summed E-state index contributed by atoms with van der Waals surface area (Å²) in [4.78, 5) is 24.4. The molecule has 1 atom stereocenters. The van der Waals surface area contributed by atoms with Gasteiger partial charge in [-0.1, -0.05) is 35.3 Å². The average molecular weight is 423 g/mol. The van der Waals surface area contributed by atoms with E-state index >= 15 is 0 Å². The minimum Gasteiger partial charge on any atom is -0.491 e. The Balaban J connectivity index is 2.08. The van der Waals surface area contributed by atoms with Gasteiger partial charge in [0.25, 0.3) is 0 Å². The van der Waals surface area contributed by atoms with Gasteiger partial charge in [0, 0.05) is 16.7 Å². The Morgan fingerprint density at radius 3 is 2.57 bits per heavy atom. The quantitative estimate of drug-likeness (QED) is 0.331. The molecule has 0 saturated heterocycles. The second-order valence-corrected chi connectivity index (χ2v) is 6.60. The molecule has 2 aromatic carbocycles. The Kier molecular flexibility index (Phi) is 7.91. The summed E-state index contributed by atoms with van der Waals surface area (Å²) in [6.07, 6.45) is 1.79. The van der Waals surface area contributed by atoms with Gasteiger partial charge in [0.1, 0.15) is 0 Å². The molecule has 0 saturated carbocycles. The molecule has 0 spiro atoms. The summed E-state index contributed by atoms with van der Waals surface area (Å²) < 4.78 is 15.9. The number of hydrogen-bond acceptors (Lipinski definition) is 5. The SMILES string of the molecule is CCOc1cc(/C=C/C(=O)OC(C)C(=O)c2cccc(Cl)c2)cc(Cl)c1OC. The summed E-state index contributed by atoms with van der Waals surface area (Å²) in [7, 11) is 1.49. The van der Waals surface area contributed by atoms with E-state index in [4.69, 9.17) is 37.4 Å². The minimum absolute atomic E-state index is 0.338. The van der Waals surface area contributed by atoms with Crippen LogP contribution in [0.15, 0.2) is 42.5 Å². The highest BCUT2D eigenvalue weighted by Crippen LogP contribution is 2.36. The largest absolute Gasteiger partial charge is 0.491 e. The third-order valence-corrected chi connectivity index (χ3v) is 4.23. The van der Waals surface area contributed by atoms with Crippen LogP contribution in [0.1, 0.15) is 29.8 Å². The first kappa shape index (κ1) is 21.8. The first-order valence-electron chi connectivity index (χ1n) is 8.54. The van der Waals surface area contributed by atoms with Gasteiger partial charge in [-0.3, -0.25) is 4.79 Å². The molecular weight excluding hydrogens is 403 g/mol. The van der Waals surface area contributed by atoms with Crippen LogP contribution in [0.5, 0.6) is 11.5 Å². The number of carbonyl (C=O) groups excluding carboxylic acids is 2. The second-order valence-electron chi connectivity index (χ2n) is 5.75. The molecule has 0 aromatic heterocycles. The zero-order valence-electron chi connectivity index (χ0n) is 15.7. The lowest BCUT2D eigenvalue weighted by Crippen LogP contribution is -2.23. The number of halogens is 2. The fraction of sp³-hybridized carbons (Fsp3) is 0.238. The molecule has 7 heteroatoms. The number of methoxy groups -OCH3 is 1. The van der Waals surface area contributed by atoms with E-state index in [0.29, 0.717) is 39.3 Å². The first-order valence-corrected chi connectivity index (χ1v) is 9.30. The smallest absolute Gasteiger partial charge is 0.331 e. The number of benzene rings is 2. The lowest BCUT2D eigenvalue weighted by Gasteiger charge is -2.12. The van der Waals surface area contributed by atoms with Crippen molar-refractivity contribution in [3.05, 3.63) is 63.6 Å². The summed E-state index contributed by atoms with van der Waals surface area (Å²) in [6.45, 7) is 3.78. The van der Waals surface area contributed by atoms with Crippen molar-refractivity contribution in [3.63, 3.8) is 0 Å². The van der Waals surface area contributed by atoms with Crippen LogP contribution in [0, 0.1) is 0 Å². The van der Waals surface area contributed by atoms with Crippen LogP contribution in [0.25, 0.3) is 6.08 Å². The number of ketones is 1. The predicted molar refractivity (Wildman–Crippen MR) is 110 cm³/mol. The van der Waals surface area contributed by atoms with Crippen LogP contribution in [0.3, 0.4) is 0 Å². The topological polar surface area (TPSA) is 61.8 Å². The van der Waals surface area contributed by atoms with Gasteiger partial charge >= 0.3 is 5.97 Å². The Morgan fingerprint density at radius 1 is 1.18 bits per heavy atom. The Morgan fingerprint density at radius 2 is 1.93 bits per heavy atom. The molecule has 0 fully saturated rings. The monoisotopic (exact) mass is 422 g/mol.